The molecule has 1 aliphatic rings. The van der Waals surface area contributed by atoms with Crippen molar-refractivity contribution >= 4 is 17.8 Å². The van der Waals surface area contributed by atoms with Crippen LogP contribution in [0.3, 0.4) is 0 Å². The van der Waals surface area contributed by atoms with Crippen LogP contribution in [0.1, 0.15) is 17.2 Å². The third-order valence-electron chi connectivity index (χ3n) is 4.64. The summed E-state index contributed by atoms with van der Waals surface area (Å²) in [6, 6.07) is 11.4. The number of benzene rings is 1. The van der Waals surface area contributed by atoms with Crippen LogP contribution in [-0.4, -0.2) is 57.5 Å². The number of ether oxygens (including phenoxy) is 1. The summed E-state index contributed by atoms with van der Waals surface area (Å²) in [5.41, 5.74) is 5.68. The van der Waals surface area contributed by atoms with Crippen molar-refractivity contribution < 1.29 is 14.4 Å². The zero-order valence-electron chi connectivity index (χ0n) is 15.8. The van der Waals surface area contributed by atoms with E-state index in [9.17, 15) is 4.79 Å². The van der Waals surface area contributed by atoms with Gasteiger partial charge in [-0.2, -0.15) is 5.10 Å². The summed E-state index contributed by atoms with van der Waals surface area (Å²) < 4.78 is 5.43. The lowest BCUT2D eigenvalue weighted by atomic mass is 10.1. The second-order valence-corrected chi connectivity index (χ2v) is 6.70. The van der Waals surface area contributed by atoms with Gasteiger partial charge in [-0.3, -0.25) is 9.78 Å². The summed E-state index contributed by atoms with van der Waals surface area (Å²) in [5, 5.41) is 4.16. The molecule has 1 aromatic carbocycles. The molecule has 1 saturated heterocycles. The van der Waals surface area contributed by atoms with Gasteiger partial charge < -0.3 is 14.5 Å². The Labute approximate surface area is 159 Å². The molecule has 2 aromatic rings. The van der Waals surface area contributed by atoms with Crippen LogP contribution in [0.2, 0.25) is 0 Å². The number of amides is 1. The standard InChI is InChI=1S/C20H25N5O2/c1-24(2)18-5-3-16(4-6-18)15-22-23-20(26)19(17-7-9-21-10-8-17)25-11-13-27-14-12-25/h3-10,15,19H,11-14H2,1-2H3,(H,23,26)/p+1/b22-15-/t19-/m1/s1. The van der Waals surface area contributed by atoms with E-state index in [1.54, 1.807) is 18.6 Å². The van der Waals surface area contributed by atoms with E-state index >= 15 is 0 Å². The van der Waals surface area contributed by atoms with Crippen LogP contribution in [0.4, 0.5) is 5.69 Å². The summed E-state index contributed by atoms with van der Waals surface area (Å²) in [4.78, 5) is 20.1. The summed E-state index contributed by atoms with van der Waals surface area (Å²) in [5.74, 6) is -0.126. The Morgan fingerprint density at radius 3 is 2.48 bits per heavy atom. The van der Waals surface area contributed by atoms with Crippen molar-refractivity contribution in [1.29, 1.82) is 0 Å². The molecule has 1 fully saturated rings. The van der Waals surface area contributed by atoms with E-state index in [2.05, 4.69) is 15.5 Å². The van der Waals surface area contributed by atoms with Crippen molar-refractivity contribution in [2.24, 2.45) is 5.10 Å². The number of hydrogen-bond acceptors (Lipinski definition) is 5. The molecule has 142 valence electrons. The fraction of sp³-hybridized carbons (Fsp3) is 0.350. The van der Waals surface area contributed by atoms with Gasteiger partial charge in [0.25, 0.3) is 0 Å². The van der Waals surface area contributed by atoms with Gasteiger partial charge in [-0.05, 0) is 29.8 Å². The smallest absolute Gasteiger partial charge is 0.303 e. The molecule has 0 saturated carbocycles. The number of aromatic nitrogens is 1. The molecular weight excluding hydrogens is 342 g/mol. The normalized spacial score (nSPS) is 16.2. The van der Waals surface area contributed by atoms with Crippen LogP contribution in [-0.2, 0) is 9.53 Å². The Morgan fingerprint density at radius 2 is 1.85 bits per heavy atom. The number of morpholine rings is 1. The molecule has 0 unspecified atom stereocenters. The third kappa shape index (κ3) is 5.12. The average Bonchev–Trinajstić information content (AvgIpc) is 2.70. The van der Waals surface area contributed by atoms with Gasteiger partial charge in [-0.1, -0.05) is 12.1 Å². The van der Waals surface area contributed by atoms with Crippen molar-refractivity contribution in [3.63, 3.8) is 0 Å². The molecule has 1 amide bonds. The van der Waals surface area contributed by atoms with E-state index in [1.165, 1.54) is 4.90 Å². The molecule has 0 radical (unpaired) electrons. The van der Waals surface area contributed by atoms with Gasteiger partial charge in [0, 0.05) is 37.7 Å². The van der Waals surface area contributed by atoms with Crippen LogP contribution in [0, 0.1) is 0 Å². The number of pyridine rings is 1. The Bertz CT molecular complexity index is 756. The molecular formula is C20H26N5O2+. The zero-order valence-corrected chi connectivity index (χ0v) is 15.8. The number of anilines is 1. The summed E-state index contributed by atoms with van der Waals surface area (Å²) in [7, 11) is 3.99. The molecule has 3 rings (SSSR count). The van der Waals surface area contributed by atoms with Crippen LogP contribution in [0.25, 0.3) is 0 Å². The largest absolute Gasteiger partial charge is 0.378 e. The molecule has 2 N–H and O–H groups in total. The van der Waals surface area contributed by atoms with E-state index in [0.29, 0.717) is 13.2 Å². The topological polar surface area (TPSA) is 71.3 Å². The maximum absolute atomic E-state index is 12.9. The van der Waals surface area contributed by atoms with Gasteiger partial charge in [0.05, 0.1) is 19.4 Å². The number of nitrogens with one attached hydrogen (secondary N) is 2. The number of carbonyl (C=O) groups is 1. The molecule has 7 heteroatoms. The molecule has 27 heavy (non-hydrogen) atoms. The predicted molar refractivity (Wildman–Crippen MR) is 105 cm³/mol. The van der Waals surface area contributed by atoms with E-state index in [-0.39, 0.29) is 11.9 Å². The number of hydrazone groups is 1. The van der Waals surface area contributed by atoms with E-state index in [4.69, 9.17) is 4.74 Å². The average molecular weight is 368 g/mol. The van der Waals surface area contributed by atoms with Crippen molar-refractivity contribution in [3.05, 3.63) is 59.9 Å². The SMILES string of the molecule is CN(C)c1ccc(/C=N\NC(=O)[C@@H](c2ccncc2)[NH+]2CCOCC2)cc1. The fourth-order valence-electron chi connectivity index (χ4n) is 3.14. The summed E-state index contributed by atoms with van der Waals surface area (Å²) in [6.07, 6.45) is 5.09. The first-order valence-corrected chi connectivity index (χ1v) is 9.07. The highest BCUT2D eigenvalue weighted by Crippen LogP contribution is 2.11. The molecule has 1 atom stereocenters. The first-order valence-electron chi connectivity index (χ1n) is 9.07. The van der Waals surface area contributed by atoms with Crippen LogP contribution < -0.4 is 15.2 Å². The van der Waals surface area contributed by atoms with Gasteiger partial charge >= 0.3 is 5.91 Å². The number of rotatable bonds is 6. The Kier molecular flexibility index (Phi) is 6.51. The van der Waals surface area contributed by atoms with Gasteiger partial charge in [0.1, 0.15) is 13.1 Å². The molecule has 2 heterocycles. The minimum absolute atomic E-state index is 0.126. The highest BCUT2D eigenvalue weighted by Gasteiger charge is 2.32. The first-order chi connectivity index (χ1) is 13.1. The Morgan fingerprint density at radius 1 is 1.19 bits per heavy atom. The maximum atomic E-state index is 12.9. The van der Waals surface area contributed by atoms with Crippen molar-refractivity contribution in [1.82, 2.24) is 10.4 Å². The fourth-order valence-corrected chi connectivity index (χ4v) is 3.14. The number of hydrogen-bond donors (Lipinski definition) is 2. The van der Waals surface area contributed by atoms with Gasteiger partial charge in [-0.25, -0.2) is 5.43 Å². The summed E-state index contributed by atoms with van der Waals surface area (Å²) >= 11 is 0. The summed E-state index contributed by atoms with van der Waals surface area (Å²) in [6.45, 7) is 2.89. The second-order valence-electron chi connectivity index (χ2n) is 6.70. The Hall–Kier alpha value is -2.77. The molecule has 1 aliphatic heterocycles. The molecule has 1 aromatic heterocycles. The Balaban J connectivity index is 1.68. The highest BCUT2D eigenvalue weighted by atomic mass is 16.5. The number of nitrogens with zero attached hydrogens (tertiary/aromatic N) is 3. The second kappa shape index (κ2) is 9.25. The van der Waals surface area contributed by atoms with Gasteiger partial charge in [-0.15, -0.1) is 0 Å². The minimum Gasteiger partial charge on any atom is -0.378 e. The molecule has 0 spiro atoms. The lowest BCUT2D eigenvalue weighted by Gasteiger charge is -2.30. The highest BCUT2D eigenvalue weighted by molar-refractivity contribution is 5.85. The molecule has 7 nitrogen and oxygen atoms in total. The third-order valence-corrected chi connectivity index (χ3v) is 4.64. The van der Waals surface area contributed by atoms with Gasteiger partial charge in [0.2, 0.25) is 0 Å². The molecule has 0 aliphatic carbocycles. The number of carbonyl (C=O) groups excluding carboxylic acids is 1. The maximum Gasteiger partial charge on any atom is 0.303 e. The lowest BCUT2D eigenvalue weighted by Crippen LogP contribution is -3.15. The van der Waals surface area contributed by atoms with Crippen molar-refractivity contribution in [2.45, 2.75) is 6.04 Å². The van der Waals surface area contributed by atoms with E-state index < -0.39 is 0 Å². The predicted octanol–water partition coefficient (Wildman–Crippen LogP) is 0.254. The van der Waals surface area contributed by atoms with Crippen molar-refractivity contribution in [3.8, 4) is 0 Å². The monoisotopic (exact) mass is 368 g/mol. The van der Waals surface area contributed by atoms with Crippen molar-refractivity contribution in [2.75, 3.05) is 45.3 Å². The van der Waals surface area contributed by atoms with Gasteiger partial charge in [0.15, 0.2) is 6.04 Å². The van der Waals surface area contributed by atoms with E-state index in [1.807, 2.05) is 55.4 Å². The molecule has 0 bridgehead atoms. The zero-order chi connectivity index (χ0) is 19.1. The first kappa shape index (κ1) is 19.0. The van der Waals surface area contributed by atoms with Crippen LogP contribution in [0.15, 0.2) is 53.9 Å². The quantitative estimate of drug-likeness (QED) is 0.567. The number of quaternary nitrogens is 1. The van der Waals surface area contributed by atoms with E-state index in [0.717, 1.165) is 29.9 Å². The van der Waals surface area contributed by atoms with Crippen LogP contribution in [0.5, 0.6) is 0 Å². The minimum atomic E-state index is -0.329. The van der Waals surface area contributed by atoms with Crippen LogP contribution >= 0.6 is 0 Å². The lowest BCUT2D eigenvalue weighted by molar-refractivity contribution is -0.929.